The van der Waals surface area contributed by atoms with Crippen LogP contribution in [-0.2, 0) is 11.3 Å². The largest absolute Gasteiger partial charge is 0.350 e. The number of nitrogens with one attached hydrogen (secondary N) is 2. The Morgan fingerprint density at radius 1 is 1.05 bits per heavy atom. The molecule has 108 valence electrons. The Labute approximate surface area is 130 Å². The van der Waals surface area contributed by atoms with Gasteiger partial charge in [-0.1, -0.05) is 30.3 Å². The Hall–Kier alpha value is -2.21. The number of carbonyl (C=O) groups is 2. The van der Waals surface area contributed by atoms with E-state index in [4.69, 9.17) is 0 Å². The van der Waals surface area contributed by atoms with Gasteiger partial charge in [-0.3, -0.25) is 9.59 Å². The molecule has 0 saturated carbocycles. The van der Waals surface area contributed by atoms with Gasteiger partial charge in [0.2, 0.25) is 5.91 Å². The van der Waals surface area contributed by atoms with E-state index in [1.165, 1.54) is 0 Å². The number of nitrogens with zero attached hydrogens (tertiary/aromatic N) is 1. The molecule has 2 aromatic rings. The van der Waals surface area contributed by atoms with Crippen LogP contribution < -0.4 is 10.6 Å². The quantitative estimate of drug-likeness (QED) is 0.811. The first-order valence-corrected chi connectivity index (χ1v) is 7.15. The molecule has 6 heteroatoms. The molecule has 0 spiro atoms. The highest BCUT2D eigenvalue weighted by molar-refractivity contribution is 9.10. The van der Waals surface area contributed by atoms with Gasteiger partial charge >= 0.3 is 0 Å². The summed E-state index contributed by atoms with van der Waals surface area (Å²) in [6.45, 7) is 0.360. The summed E-state index contributed by atoms with van der Waals surface area (Å²) >= 11 is 3.19. The highest BCUT2D eigenvalue weighted by Crippen LogP contribution is 2.11. The Morgan fingerprint density at radius 3 is 2.52 bits per heavy atom. The summed E-state index contributed by atoms with van der Waals surface area (Å²) in [7, 11) is 0. The Kier molecular flexibility index (Phi) is 5.45. The lowest BCUT2D eigenvalue weighted by atomic mass is 10.2. The highest BCUT2D eigenvalue weighted by Gasteiger charge is 2.11. The van der Waals surface area contributed by atoms with E-state index in [1.807, 2.05) is 30.3 Å². The third-order valence-corrected chi connectivity index (χ3v) is 3.38. The van der Waals surface area contributed by atoms with Gasteiger partial charge < -0.3 is 10.6 Å². The van der Waals surface area contributed by atoms with Gasteiger partial charge in [-0.15, -0.1) is 0 Å². The minimum Gasteiger partial charge on any atom is -0.350 e. The molecule has 2 rings (SSSR count). The lowest BCUT2D eigenvalue weighted by Crippen LogP contribution is -2.36. The number of carbonyl (C=O) groups excluding carboxylic acids is 2. The predicted molar refractivity (Wildman–Crippen MR) is 82.6 cm³/mol. The normalized spacial score (nSPS) is 9.95. The lowest BCUT2D eigenvalue weighted by Gasteiger charge is -2.07. The van der Waals surface area contributed by atoms with Crippen LogP contribution in [0.25, 0.3) is 0 Å². The molecule has 0 unspecified atom stereocenters. The Balaban J connectivity index is 1.79. The van der Waals surface area contributed by atoms with Crippen LogP contribution in [0.2, 0.25) is 0 Å². The van der Waals surface area contributed by atoms with E-state index in [-0.39, 0.29) is 18.4 Å². The average Bonchev–Trinajstić information content (AvgIpc) is 2.52. The standard InChI is InChI=1S/C15H14BrN3O2/c16-14-12(7-4-8-17-14)15(21)19-10-13(20)18-9-11-5-2-1-3-6-11/h1-8H,9-10H2,(H,18,20)(H,19,21). The van der Waals surface area contributed by atoms with Crippen LogP contribution in [0.4, 0.5) is 0 Å². The van der Waals surface area contributed by atoms with Crippen LogP contribution in [0.5, 0.6) is 0 Å². The van der Waals surface area contributed by atoms with Crippen LogP contribution in [0, 0.1) is 0 Å². The molecule has 0 aliphatic heterocycles. The van der Waals surface area contributed by atoms with E-state index < -0.39 is 0 Å². The minimum atomic E-state index is -0.343. The number of halogens is 1. The van der Waals surface area contributed by atoms with Crippen molar-refractivity contribution in [2.45, 2.75) is 6.54 Å². The van der Waals surface area contributed by atoms with Gasteiger partial charge in [0.05, 0.1) is 12.1 Å². The van der Waals surface area contributed by atoms with E-state index >= 15 is 0 Å². The summed E-state index contributed by atoms with van der Waals surface area (Å²) < 4.78 is 0.451. The molecule has 2 N–H and O–H groups in total. The molecule has 0 radical (unpaired) electrons. The second kappa shape index (κ2) is 7.54. The van der Waals surface area contributed by atoms with Gasteiger partial charge in [-0.25, -0.2) is 4.98 Å². The van der Waals surface area contributed by atoms with Crippen molar-refractivity contribution in [3.63, 3.8) is 0 Å². The summed E-state index contributed by atoms with van der Waals surface area (Å²) in [6, 6.07) is 12.9. The molecule has 21 heavy (non-hydrogen) atoms. The second-order valence-electron chi connectivity index (χ2n) is 4.29. The molecular weight excluding hydrogens is 334 g/mol. The number of hydrogen-bond acceptors (Lipinski definition) is 3. The number of rotatable bonds is 5. The van der Waals surface area contributed by atoms with Crippen molar-refractivity contribution in [1.82, 2.24) is 15.6 Å². The molecule has 1 aromatic heterocycles. The highest BCUT2D eigenvalue weighted by atomic mass is 79.9. The maximum Gasteiger partial charge on any atom is 0.254 e. The predicted octanol–water partition coefficient (Wildman–Crippen LogP) is 1.89. The van der Waals surface area contributed by atoms with Crippen molar-refractivity contribution in [2.24, 2.45) is 0 Å². The Bertz CT molecular complexity index is 632. The number of amides is 2. The van der Waals surface area contributed by atoms with Crippen LogP contribution in [-0.4, -0.2) is 23.3 Å². The maximum atomic E-state index is 11.9. The van der Waals surface area contributed by atoms with E-state index in [0.717, 1.165) is 5.56 Å². The van der Waals surface area contributed by atoms with Gasteiger partial charge in [-0.05, 0) is 33.6 Å². The van der Waals surface area contributed by atoms with Crippen molar-refractivity contribution in [3.8, 4) is 0 Å². The molecule has 1 aromatic carbocycles. The van der Waals surface area contributed by atoms with Crippen LogP contribution in [0.3, 0.4) is 0 Å². The third kappa shape index (κ3) is 4.68. The molecule has 2 amide bonds. The maximum absolute atomic E-state index is 11.9. The van der Waals surface area contributed by atoms with Crippen molar-refractivity contribution in [3.05, 3.63) is 64.4 Å². The fraction of sp³-hybridized carbons (Fsp3) is 0.133. The summed E-state index contributed by atoms with van der Waals surface area (Å²) in [6.07, 6.45) is 1.58. The fourth-order valence-corrected chi connectivity index (χ4v) is 2.10. The summed E-state index contributed by atoms with van der Waals surface area (Å²) in [5, 5.41) is 5.29. The van der Waals surface area contributed by atoms with E-state index in [9.17, 15) is 9.59 Å². The molecular formula is C15H14BrN3O2. The molecule has 0 atom stereocenters. The molecule has 0 bridgehead atoms. The summed E-state index contributed by atoms with van der Waals surface area (Å²) in [5.41, 5.74) is 1.40. The zero-order valence-corrected chi connectivity index (χ0v) is 12.8. The number of aromatic nitrogens is 1. The second-order valence-corrected chi connectivity index (χ2v) is 5.04. The van der Waals surface area contributed by atoms with Crippen molar-refractivity contribution >= 4 is 27.7 Å². The van der Waals surface area contributed by atoms with E-state index in [0.29, 0.717) is 16.7 Å². The van der Waals surface area contributed by atoms with Gasteiger partial charge in [0.15, 0.2) is 0 Å². The molecule has 0 fully saturated rings. The molecule has 0 aliphatic carbocycles. The SMILES string of the molecule is O=C(CNC(=O)c1cccnc1Br)NCc1ccccc1. The number of hydrogen-bond donors (Lipinski definition) is 2. The van der Waals surface area contributed by atoms with Crippen LogP contribution in [0.1, 0.15) is 15.9 Å². The topological polar surface area (TPSA) is 71.1 Å². The van der Waals surface area contributed by atoms with E-state index in [1.54, 1.807) is 18.3 Å². The fourth-order valence-electron chi connectivity index (χ4n) is 1.67. The first-order chi connectivity index (χ1) is 10.2. The van der Waals surface area contributed by atoms with Gasteiger partial charge in [0.25, 0.3) is 5.91 Å². The average molecular weight is 348 g/mol. The molecule has 0 aliphatic rings. The Morgan fingerprint density at radius 2 is 1.81 bits per heavy atom. The number of benzene rings is 1. The monoisotopic (exact) mass is 347 g/mol. The summed E-state index contributed by atoms with van der Waals surface area (Å²) in [5.74, 6) is -0.586. The number of pyridine rings is 1. The van der Waals surface area contributed by atoms with Crippen molar-refractivity contribution < 1.29 is 9.59 Å². The van der Waals surface area contributed by atoms with E-state index in [2.05, 4.69) is 31.5 Å². The first kappa shape index (κ1) is 15.2. The van der Waals surface area contributed by atoms with Crippen LogP contribution >= 0.6 is 15.9 Å². The van der Waals surface area contributed by atoms with Gasteiger partial charge in [-0.2, -0.15) is 0 Å². The molecule has 1 heterocycles. The zero-order chi connectivity index (χ0) is 15.1. The van der Waals surface area contributed by atoms with Crippen molar-refractivity contribution in [2.75, 3.05) is 6.54 Å². The lowest BCUT2D eigenvalue weighted by molar-refractivity contribution is -0.120. The van der Waals surface area contributed by atoms with Gasteiger partial charge in [0.1, 0.15) is 4.60 Å². The summed E-state index contributed by atoms with van der Waals surface area (Å²) in [4.78, 5) is 27.5. The third-order valence-electron chi connectivity index (χ3n) is 2.75. The van der Waals surface area contributed by atoms with Crippen LogP contribution in [0.15, 0.2) is 53.3 Å². The minimum absolute atomic E-state index is 0.0764. The first-order valence-electron chi connectivity index (χ1n) is 6.36. The van der Waals surface area contributed by atoms with Gasteiger partial charge in [0, 0.05) is 12.7 Å². The van der Waals surface area contributed by atoms with Crippen molar-refractivity contribution in [1.29, 1.82) is 0 Å². The smallest absolute Gasteiger partial charge is 0.254 e. The molecule has 0 saturated heterocycles. The molecule has 5 nitrogen and oxygen atoms in total. The zero-order valence-electron chi connectivity index (χ0n) is 11.2.